The first-order valence-electron chi connectivity index (χ1n) is 6.00. The Kier molecular flexibility index (Phi) is 3.82. The number of nitrogens with one attached hydrogen (secondary N) is 1. The lowest BCUT2D eigenvalue weighted by Gasteiger charge is -2.34. The third kappa shape index (κ3) is 2.97. The second kappa shape index (κ2) is 5.20. The number of halogens is 2. The van der Waals surface area contributed by atoms with Crippen molar-refractivity contribution in [3.63, 3.8) is 0 Å². The van der Waals surface area contributed by atoms with Gasteiger partial charge in [-0.2, -0.15) is 0 Å². The summed E-state index contributed by atoms with van der Waals surface area (Å²) in [5.74, 6) is -2.79. The van der Waals surface area contributed by atoms with Crippen molar-refractivity contribution >= 4 is 0 Å². The Morgan fingerprint density at radius 1 is 1.39 bits per heavy atom. The molecule has 0 amide bonds. The molecule has 1 aliphatic rings. The Hall–Kier alpha value is -1.20. The van der Waals surface area contributed by atoms with Crippen LogP contribution in [-0.2, 0) is 11.3 Å². The van der Waals surface area contributed by atoms with Crippen LogP contribution in [0.2, 0.25) is 0 Å². The summed E-state index contributed by atoms with van der Waals surface area (Å²) in [5, 5.41) is 12.3. The highest BCUT2D eigenvalue weighted by molar-refractivity contribution is 5.30. The van der Waals surface area contributed by atoms with Crippen molar-refractivity contribution in [2.24, 2.45) is 0 Å². The molecule has 3 nitrogen and oxygen atoms in total. The minimum Gasteiger partial charge on any atom is -0.503 e. The van der Waals surface area contributed by atoms with Crippen LogP contribution < -0.4 is 5.32 Å². The van der Waals surface area contributed by atoms with Crippen LogP contribution in [0.1, 0.15) is 25.3 Å². The summed E-state index contributed by atoms with van der Waals surface area (Å²) in [6, 6.07) is 2.27. The zero-order valence-corrected chi connectivity index (χ0v) is 10.3. The maximum Gasteiger partial charge on any atom is 0.187 e. The predicted molar refractivity (Wildman–Crippen MR) is 63.3 cm³/mol. The van der Waals surface area contributed by atoms with Crippen LogP contribution in [0.5, 0.6) is 5.75 Å². The largest absolute Gasteiger partial charge is 0.503 e. The predicted octanol–water partition coefficient (Wildman–Crippen LogP) is 2.33. The van der Waals surface area contributed by atoms with Crippen LogP contribution in [0, 0.1) is 11.6 Å². The molecule has 1 fully saturated rings. The molecule has 0 bridgehead atoms. The third-order valence-corrected chi connectivity index (χ3v) is 3.23. The Labute approximate surface area is 105 Å². The zero-order chi connectivity index (χ0) is 13.2. The number of hydrogen-bond donors (Lipinski definition) is 2. The summed E-state index contributed by atoms with van der Waals surface area (Å²) in [4.78, 5) is 0. The van der Waals surface area contributed by atoms with E-state index in [1.807, 2.05) is 6.92 Å². The van der Waals surface area contributed by atoms with Gasteiger partial charge in [0.2, 0.25) is 0 Å². The van der Waals surface area contributed by atoms with E-state index in [-0.39, 0.29) is 5.54 Å². The highest BCUT2D eigenvalue weighted by atomic mass is 19.1. The second-order valence-corrected chi connectivity index (χ2v) is 4.98. The summed E-state index contributed by atoms with van der Waals surface area (Å²) < 4.78 is 31.7. The van der Waals surface area contributed by atoms with Crippen LogP contribution in [0.25, 0.3) is 0 Å². The average Bonchev–Trinajstić information content (AvgIpc) is 2.34. The van der Waals surface area contributed by atoms with E-state index >= 15 is 0 Å². The van der Waals surface area contributed by atoms with E-state index in [4.69, 9.17) is 9.84 Å². The summed E-state index contributed by atoms with van der Waals surface area (Å²) in [5.41, 5.74) is 0.304. The molecule has 1 aliphatic heterocycles. The van der Waals surface area contributed by atoms with Crippen LogP contribution in [0.4, 0.5) is 8.78 Å². The molecular formula is C13H17F2NO2. The van der Waals surface area contributed by atoms with Crippen LogP contribution in [0.3, 0.4) is 0 Å². The lowest BCUT2D eigenvalue weighted by atomic mass is 9.94. The molecule has 1 atom stereocenters. The van der Waals surface area contributed by atoms with Gasteiger partial charge in [-0.25, -0.2) is 8.78 Å². The van der Waals surface area contributed by atoms with E-state index in [1.54, 1.807) is 0 Å². The van der Waals surface area contributed by atoms with Gasteiger partial charge >= 0.3 is 0 Å². The molecule has 0 radical (unpaired) electrons. The molecule has 100 valence electrons. The first-order chi connectivity index (χ1) is 8.50. The van der Waals surface area contributed by atoms with E-state index < -0.39 is 17.4 Å². The number of phenols is 1. The molecule has 2 N–H and O–H groups in total. The van der Waals surface area contributed by atoms with Crippen molar-refractivity contribution in [2.45, 2.75) is 31.8 Å². The monoisotopic (exact) mass is 257 g/mol. The van der Waals surface area contributed by atoms with Crippen molar-refractivity contribution in [1.29, 1.82) is 0 Å². The van der Waals surface area contributed by atoms with Crippen LogP contribution in [-0.4, -0.2) is 23.9 Å². The Balaban J connectivity index is 2.01. The van der Waals surface area contributed by atoms with E-state index in [0.29, 0.717) is 18.7 Å². The van der Waals surface area contributed by atoms with Gasteiger partial charge in [0.15, 0.2) is 17.4 Å². The Bertz CT molecular complexity index is 408. The summed E-state index contributed by atoms with van der Waals surface area (Å²) in [6.45, 7) is 3.73. The lowest BCUT2D eigenvalue weighted by molar-refractivity contribution is 0.0277. The maximum atomic E-state index is 13.2. The van der Waals surface area contributed by atoms with Crippen molar-refractivity contribution in [3.8, 4) is 5.75 Å². The van der Waals surface area contributed by atoms with Gasteiger partial charge < -0.3 is 15.2 Å². The van der Waals surface area contributed by atoms with Gasteiger partial charge in [0.05, 0.1) is 6.61 Å². The zero-order valence-electron chi connectivity index (χ0n) is 10.3. The van der Waals surface area contributed by atoms with Crippen molar-refractivity contribution < 1.29 is 18.6 Å². The van der Waals surface area contributed by atoms with Gasteiger partial charge in [-0.3, -0.25) is 0 Å². The fraction of sp³-hybridized carbons (Fsp3) is 0.538. The lowest BCUT2D eigenvalue weighted by Crippen LogP contribution is -2.48. The SMILES string of the molecule is CC1(NCc2cc(F)c(O)c(F)c2)CCCOC1. The van der Waals surface area contributed by atoms with Crippen molar-refractivity contribution in [3.05, 3.63) is 29.3 Å². The molecule has 0 saturated carbocycles. The standard InChI is InChI=1S/C13H17F2NO2/c1-13(3-2-4-18-8-13)16-7-9-5-10(14)12(17)11(15)6-9/h5-6,16-17H,2-4,7-8H2,1H3. The number of phenolic OH excluding ortho intramolecular Hbond substituents is 1. The summed E-state index contributed by atoms with van der Waals surface area (Å²) in [6.07, 6.45) is 1.94. The Morgan fingerprint density at radius 2 is 2.06 bits per heavy atom. The van der Waals surface area contributed by atoms with Gasteiger partial charge in [-0.15, -0.1) is 0 Å². The topological polar surface area (TPSA) is 41.5 Å². The quantitative estimate of drug-likeness (QED) is 0.873. The first-order valence-corrected chi connectivity index (χ1v) is 6.00. The van der Waals surface area contributed by atoms with Gasteiger partial charge in [0.25, 0.3) is 0 Å². The minimum atomic E-state index is -0.933. The second-order valence-electron chi connectivity index (χ2n) is 4.98. The highest BCUT2D eigenvalue weighted by Crippen LogP contribution is 2.23. The minimum absolute atomic E-state index is 0.164. The number of aromatic hydroxyl groups is 1. The van der Waals surface area contributed by atoms with Gasteiger partial charge in [0, 0.05) is 18.7 Å². The summed E-state index contributed by atoms with van der Waals surface area (Å²) >= 11 is 0. The molecule has 0 aliphatic carbocycles. The molecule has 1 unspecified atom stereocenters. The fourth-order valence-electron chi connectivity index (χ4n) is 2.11. The van der Waals surface area contributed by atoms with E-state index in [1.165, 1.54) is 0 Å². The normalized spacial score (nSPS) is 24.2. The molecule has 0 spiro atoms. The molecule has 1 aromatic carbocycles. The van der Waals surface area contributed by atoms with E-state index in [2.05, 4.69) is 5.32 Å². The van der Waals surface area contributed by atoms with Crippen molar-refractivity contribution in [2.75, 3.05) is 13.2 Å². The third-order valence-electron chi connectivity index (χ3n) is 3.23. The number of benzene rings is 1. The molecule has 0 aromatic heterocycles. The van der Waals surface area contributed by atoms with Gasteiger partial charge in [-0.05, 0) is 37.5 Å². The molecule has 18 heavy (non-hydrogen) atoms. The van der Waals surface area contributed by atoms with Gasteiger partial charge in [-0.1, -0.05) is 0 Å². The van der Waals surface area contributed by atoms with Crippen LogP contribution >= 0.6 is 0 Å². The summed E-state index contributed by atoms with van der Waals surface area (Å²) in [7, 11) is 0. The van der Waals surface area contributed by atoms with Crippen molar-refractivity contribution in [1.82, 2.24) is 5.32 Å². The van der Waals surface area contributed by atoms with Crippen LogP contribution in [0.15, 0.2) is 12.1 Å². The molecule has 5 heteroatoms. The average molecular weight is 257 g/mol. The molecule has 1 heterocycles. The van der Waals surface area contributed by atoms with E-state index in [0.717, 1.165) is 31.6 Å². The number of rotatable bonds is 3. The Morgan fingerprint density at radius 3 is 2.61 bits per heavy atom. The fourth-order valence-corrected chi connectivity index (χ4v) is 2.11. The van der Waals surface area contributed by atoms with E-state index in [9.17, 15) is 8.78 Å². The molecule has 2 rings (SSSR count). The highest BCUT2D eigenvalue weighted by Gasteiger charge is 2.26. The smallest absolute Gasteiger partial charge is 0.187 e. The molecule has 1 saturated heterocycles. The first kappa shape index (κ1) is 13.2. The molecular weight excluding hydrogens is 240 g/mol. The maximum absolute atomic E-state index is 13.2. The van der Waals surface area contributed by atoms with Gasteiger partial charge in [0.1, 0.15) is 0 Å². The molecule has 1 aromatic rings. The number of hydrogen-bond acceptors (Lipinski definition) is 3. The number of ether oxygens (including phenoxy) is 1.